The van der Waals surface area contributed by atoms with E-state index in [-0.39, 0.29) is 5.41 Å². The van der Waals surface area contributed by atoms with Crippen LogP contribution < -0.4 is 0 Å². The standard InChI is InChI=1S/C57H43N5/c1-4-18-42(19-5-1)53-58-51(38-52(59-53)49-26-14-22-39-16-8-10-24-47(39)49)41-28-32-45(33-29-41)57(36-12-3-13-37-57)46-34-30-44(31-35-46)55-60-54(43-20-6-2-7-21-43)61-56(62-55)50-27-15-23-40-17-9-11-25-48(40)50/h1-2,4-11,14-35,38H,3,12-13,36-37H2. The molecule has 11 rings (SSSR count). The van der Waals surface area contributed by atoms with Gasteiger partial charge in [-0.3, -0.25) is 0 Å². The molecule has 0 amide bonds. The van der Waals surface area contributed by atoms with Gasteiger partial charge in [0.05, 0.1) is 11.4 Å². The Hall–Kier alpha value is -7.63. The molecule has 0 spiro atoms. The highest BCUT2D eigenvalue weighted by Crippen LogP contribution is 2.46. The molecule has 5 heteroatoms. The molecule has 1 aliphatic rings. The minimum Gasteiger partial charge on any atom is -0.228 e. The molecule has 62 heavy (non-hydrogen) atoms. The Bertz CT molecular complexity index is 2970. The van der Waals surface area contributed by atoms with Crippen LogP contribution in [0.5, 0.6) is 0 Å². The lowest BCUT2D eigenvalue weighted by Crippen LogP contribution is -2.30. The largest absolute Gasteiger partial charge is 0.228 e. The summed E-state index contributed by atoms with van der Waals surface area (Å²) in [5, 5.41) is 4.64. The Morgan fingerprint density at radius 1 is 0.306 bits per heavy atom. The molecule has 2 aromatic heterocycles. The molecule has 1 saturated carbocycles. The van der Waals surface area contributed by atoms with Crippen LogP contribution in [0.15, 0.2) is 200 Å². The summed E-state index contributed by atoms with van der Waals surface area (Å²) in [6.45, 7) is 0. The van der Waals surface area contributed by atoms with Gasteiger partial charge in [0.1, 0.15) is 0 Å². The smallest absolute Gasteiger partial charge is 0.164 e. The first-order valence-corrected chi connectivity index (χ1v) is 21.6. The van der Waals surface area contributed by atoms with Crippen molar-refractivity contribution in [2.75, 3.05) is 0 Å². The Kier molecular flexibility index (Phi) is 9.70. The number of aromatic nitrogens is 5. The highest BCUT2D eigenvalue weighted by Gasteiger charge is 2.36. The van der Waals surface area contributed by atoms with Crippen LogP contribution in [0.25, 0.3) is 89.6 Å². The molecule has 1 fully saturated rings. The average molecular weight is 798 g/mol. The fourth-order valence-electron chi connectivity index (χ4n) is 9.46. The normalized spacial score (nSPS) is 13.6. The van der Waals surface area contributed by atoms with Crippen LogP contribution in [-0.4, -0.2) is 24.9 Å². The van der Waals surface area contributed by atoms with Crippen molar-refractivity contribution in [2.45, 2.75) is 37.5 Å². The van der Waals surface area contributed by atoms with Crippen molar-refractivity contribution in [3.63, 3.8) is 0 Å². The highest BCUT2D eigenvalue weighted by atomic mass is 15.0. The fourth-order valence-corrected chi connectivity index (χ4v) is 9.46. The van der Waals surface area contributed by atoms with E-state index >= 15 is 0 Å². The minimum atomic E-state index is -0.104. The van der Waals surface area contributed by atoms with Crippen molar-refractivity contribution in [1.82, 2.24) is 24.9 Å². The maximum atomic E-state index is 5.17. The number of benzene rings is 8. The second kappa shape index (κ2) is 16.1. The van der Waals surface area contributed by atoms with Gasteiger partial charge in [-0.1, -0.05) is 213 Å². The van der Waals surface area contributed by atoms with E-state index in [0.717, 1.165) is 74.2 Å². The van der Waals surface area contributed by atoms with E-state index in [9.17, 15) is 0 Å². The number of hydrogen-bond donors (Lipinski definition) is 0. The van der Waals surface area contributed by atoms with Crippen molar-refractivity contribution in [3.05, 3.63) is 211 Å². The summed E-state index contributed by atoms with van der Waals surface area (Å²) in [7, 11) is 0. The quantitative estimate of drug-likeness (QED) is 0.153. The summed E-state index contributed by atoms with van der Waals surface area (Å²) in [5.74, 6) is 2.72. The van der Waals surface area contributed by atoms with E-state index in [4.69, 9.17) is 24.9 Å². The molecule has 5 nitrogen and oxygen atoms in total. The van der Waals surface area contributed by atoms with E-state index in [2.05, 4.69) is 164 Å². The lowest BCUT2D eigenvalue weighted by Gasteiger charge is -2.39. The molecular formula is C57H43N5. The predicted octanol–water partition coefficient (Wildman–Crippen LogP) is 14.2. The number of nitrogens with zero attached hydrogens (tertiary/aromatic N) is 5. The molecule has 0 bridgehead atoms. The summed E-state index contributed by atoms with van der Waals surface area (Å²) in [6.07, 6.45) is 5.82. The van der Waals surface area contributed by atoms with E-state index in [1.54, 1.807) is 0 Å². The van der Waals surface area contributed by atoms with Crippen molar-refractivity contribution >= 4 is 21.5 Å². The summed E-state index contributed by atoms with van der Waals surface area (Å²) >= 11 is 0. The summed E-state index contributed by atoms with van der Waals surface area (Å²) in [6, 6.07) is 70.5. The van der Waals surface area contributed by atoms with E-state index in [1.807, 2.05) is 36.4 Å². The van der Waals surface area contributed by atoms with Crippen LogP contribution >= 0.6 is 0 Å². The molecule has 8 aromatic carbocycles. The molecule has 0 saturated heterocycles. The molecule has 2 heterocycles. The van der Waals surface area contributed by atoms with Crippen molar-refractivity contribution in [3.8, 4) is 68.1 Å². The molecule has 0 atom stereocenters. The molecule has 10 aromatic rings. The van der Waals surface area contributed by atoms with Gasteiger partial charge in [-0.2, -0.15) is 0 Å². The van der Waals surface area contributed by atoms with Gasteiger partial charge in [0, 0.05) is 38.8 Å². The Balaban J connectivity index is 0.966. The third-order valence-electron chi connectivity index (χ3n) is 12.7. The van der Waals surface area contributed by atoms with E-state index in [0.29, 0.717) is 17.5 Å². The van der Waals surface area contributed by atoms with Crippen LogP contribution in [0, 0.1) is 0 Å². The van der Waals surface area contributed by atoms with Crippen LogP contribution in [0.2, 0.25) is 0 Å². The third kappa shape index (κ3) is 7.01. The van der Waals surface area contributed by atoms with Crippen molar-refractivity contribution in [2.24, 2.45) is 0 Å². The second-order valence-electron chi connectivity index (χ2n) is 16.4. The summed E-state index contributed by atoms with van der Waals surface area (Å²) in [4.78, 5) is 25.6. The maximum Gasteiger partial charge on any atom is 0.164 e. The number of fused-ring (bicyclic) bond motifs is 2. The molecule has 0 radical (unpaired) electrons. The van der Waals surface area contributed by atoms with Gasteiger partial charge < -0.3 is 0 Å². The summed E-state index contributed by atoms with van der Waals surface area (Å²) < 4.78 is 0. The van der Waals surface area contributed by atoms with E-state index < -0.39 is 0 Å². The first-order valence-electron chi connectivity index (χ1n) is 21.6. The van der Waals surface area contributed by atoms with Crippen molar-refractivity contribution < 1.29 is 0 Å². The lowest BCUT2D eigenvalue weighted by atomic mass is 9.65. The Morgan fingerprint density at radius 2 is 0.742 bits per heavy atom. The monoisotopic (exact) mass is 797 g/mol. The molecule has 0 unspecified atom stereocenters. The summed E-state index contributed by atoms with van der Waals surface area (Å²) in [5.41, 5.74) is 10.5. The van der Waals surface area contributed by atoms with Crippen LogP contribution in [0.3, 0.4) is 0 Å². The topological polar surface area (TPSA) is 64.5 Å². The Morgan fingerprint density at radius 3 is 1.34 bits per heavy atom. The van der Waals surface area contributed by atoms with Crippen molar-refractivity contribution in [1.29, 1.82) is 0 Å². The zero-order chi connectivity index (χ0) is 41.3. The molecule has 1 aliphatic carbocycles. The fraction of sp³-hybridized carbons (Fsp3) is 0.105. The van der Waals surface area contributed by atoms with Gasteiger partial charge in [-0.05, 0) is 51.6 Å². The van der Waals surface area contributed by atoms with Crippen LogP contribution in [-0.2, 0) is 5.41 Å². The van der Waals surface area contributed by atoms with Crippen LogP contribution in [0.4, 0.5) is 0 Å². The molecular weight excluding hydrogens is 755 g/mol. The van der Waals surface area contributed by atoms with Gasteiger partial charge >= 0.3 is 0 Å². The number of hydrogen-bond acceptors (Lipinski definition) is 5. The van der Waals surface area contributed by atoms with Gasteiger partial charge in [-0.15, -0.1) is 0 Å². The average Bonchev–Trinajstić information content (AvgIpc) is 3.36. The third-order valence-corrected chi connectivity index (χ3v) is 12.7. The Labute approximate surface area is 361 Å². The minimum absolute atomic E-state index is 0.104. The first-order chi connectivity index (χ1) is 30.7. The first kappa shape index (κ1) is 37.4. The predicted molar refractivity (Wildman–Crippen MR) is 253 cm³/mol. The van der Waals surface area contributed by atoms with Gasteiger partial charge in [0.25, 0.3) is 0 Å². The molecule has 0 N–H and O–H groups in total. The van der Waals surface area contributed by atoms with Gasteiger partial charge in [0.15, 0.2) is 23.3 Å². The van der Waals surface area contributed by atoms with Gasteiger partial charge in [0.2, 0.25) is 0 Å². The highest BCUT2D eigenvalue weighted by molar-refractivity contribution is 5.97. The molecule has 0 aliphatic heterocycles. The zero-order valence-electron chi connectivity index (χ0n) is 34.3. The van der Waals surface area contributed by atoms with E-state index in [1.165, 1.54) is 41.2 Å². The zero-order valence-corrected chi connectivity index (χ0v) is 34.3. The van der Waals surface area contributed by atoms with Crippen LogP contribution in [0.1, 0.15) is 43.2 Å². The lowest BCUT2D eigenvalue weighted by molar-refractivity contribution is 0.346. The number of rotatable bonds is 8. The molecule has 296 valence electrons. The van der Waals surface area contributed by atoms with Gasteiger partial charge in [-0.25, -0.2) is 24.9 Å². The SMILES string of the molecule is c1ccc(-c2nc(-c3ccc(C4(c5ccc(-c6nc(-c7ccccc7)nc(-c7cccc8ccccc78)n6)cc5)CCCCC4)cc3)cc(-c3cccc4ccccc34)n2)cc1. The maximum absolute atomic E-state index is 5.17. The second-order valence-corrected chi connectivity index (χ2v) is 16.4.